The number of carbonyl (C=O) groups excluding carboxylic acids is 2. The molecule has 2 heterocycles. The van der Waals surface area contributed by atoms with Gasteiger partial charge in [0.1, 0.15) is 0 Å². The zero-order chi connectivity index (χ0) is 21.3. The lowest BCUT2D eigenvalue weighted by atomic mass is 9.94. The molecule has 0 aliphatic carbocycles. The molecule has 4 rings (SSSR count). The average Bonchev–Trinajstić information content (AvgIpc) is 2.96. The van der Waals surface area contributed by atoms with E-state index in [-0.39, 0.29) is 17.4 Å². The average molecular weight is 412 g/mol. The van der Waals surface area contributed by atoms with Crippen LogP contribution in [0.1, 0.15) is 47.2 Å². The van der Waals surface area contributed by atoms with Gasteiger partial charge < -0.3 is 9.80 Å². The maximum atomic E-state index is 14.0. The van der Waals surface area contributed by atoms with Crippen molar-refractivity contribution in [2.75, 3.05) is 24.5 Å². The third-order valence-corrected chi connectivity index (χ3v) is 6.18. The van der Waals surface area contributed by atoms with E-state index in [0.717, 1.165) is 31.0 Å². The van der Waals surface area contributed by atoms with Gasteiger partial charge >= 0.3 is 0 Å². The number of hydrogen-bond acceptors (Lipinski definition) is 2. The fourth-order valence-electron chi connectivity index (χ4n) is 4.50. The number of fused-ring (bicyclic) bond motifs is 1. The fraction of sp³-hybridized carbons (Fsp3) is 0.417. The molecule has 0 aromatic heterocycles. The van der Waals surface area contributed by atoms with Gasteiger partial charge in [-0.25, -0.2) is 8.78 Å². The number of halogens is 2. The zero-order valence-corrected chi connectivity index (χ0v) is 17.2. The van der Waals surface area contributed by atoms with Gasteiger partial charge in [-0.05, 0) is 62.8 Å². The second-order valence-electron chi connectivity index (χ2n) is 8.25. The number of amides is 2. The summed E-state index contributed by atoms with van der Waals surface area (Å²) in [4.78, 5) is 29.4. The highest BCUT2D eigenvalue weighted by Crippen LogP contribution is 2.31. The van der Waals surface area contributed by atoms with E-state index in [9.17, 15) is 18.4 Å². The minimum absolute atomic E-state index is 0.103. The third kappa shape index (κ3) is 3.95. The molecule has 158 valence electrons. The number of benzene rings is 2. The Balaban J connectivity index is 1.45. The molecule has 2 aliphatic rings. The highest BCUT2D eigenvalue weighted by Gasteiger charge is 2.33. The molecule has 1 fully saturated rings. The first-order chi connectivity index (χ1) is 14.5. The summed E-state index contributed by atoms with van der Waals surface area (Å²) in [5, 5.41) is 0. The number of likely N-dealkylation sites (tertiary alicyclic amines) is 1. The van der Waals surface area contributed by atoms with Crippen LogP contribution in [-0.4, -0.2) is 36.3 Å². The normalized spacial score (nSPS) is 17.4. The largest absolute Gasteiger partial charge is 0.339 e. The summed E-state index contributed by atoms with van der Waals surface area (Å²) in [5.74, 6) is -2.73. The summed E-state index contributed by atoms with van der Waals surface area (Å²) in [7, 11) is 0. The highest BCUT2D eigenvalue weighted by molar-refractivity contribution is 5.97. The Bertz CT molecular complexity index is 968. The standard InChI is InChI=1S/C24H26F2N2O2/c1-16-8-9-21-18(15-16)5-2-3-12-28(21)23(29)17-10-13-27(14-11-17)24(30)19-6-4-7-20(25)22(19)26/h4,6-9,15,17H,2-3,5,10-14H2,1H3. The molecule has 0 bridgehead atoms. The molecule has 0 spiro atoms. The first-order valence-corrected chi connectivity index (χ1v) is 10.6. The van der Waals surface area contributed by atoms with Gasteiger partial charge in [-0.1, -0.05) is 23.8 Å². The summed E-state index contributed by atoms with van der Waals surface area (Å²) in [6.07, 6.45) is 4.06. The molecular weight excluding hydrogens is 386 g/mol. The van der Waals surface area contributed by atoms with Crippen LogP contribution in [0, 0.1) is 24.5 Å². The maximum absolute atomic E-state index is 14.0. The Kier molecular flexibility index (Phi) is 5.84. The molecule has 0 atom stereocenters. The van der Waals surface area contributed by atoms with Crippen LogP contribution in [0.5, 0.6) is 0 Å². The number of aryl methyl sites for hydroxylation is 2. The minimum atomic E-state index is -1.11. The molecule has 1 saturated heterocycles. The minimum Gasteiger partial charge on any atom is -0.339 e. The summed E-state index contributed by atoms with van der Waals surface area (Å²) in [6.45, 7) is 3.49. The second kappa shape index (κ2) is 8.54. The van der Waals surface area contributed by atoms with Crippen molar-refractivity contribution in [1.29, 1.82) is 0 Å². The topological polar surface area (TPSA) is 40.6 Å². The van der Waals surface area contributed by atoms with E-state index < -0.39 is 17.5 Å². The second-order valence-corrected chi connectivity index (χ2v) is 8.25. The first kappa shape index (κ1) is 20.5. The van der Waals surface area contributed by atoms with Crippen molar-refractivity contribution in [3.8, 4) is 0 Å². The van der Waals surface area contributed by atoms with Gasteiger partial charge in [0, 0.05) is 31.2 Å². The van der Waals surface area contributed by atoms with Gasteiger partial charge in [-0.15, -0.1) is 0 Å². The van der Waals surface area contributed by atoms with Crippen LogP contribution >= 0.6 is 0 Å². The molecule has 2 amide bonds. The zero-order valence-electron chi connectivity index (χ0n) is 17.2. The maximum Gasteiger partial charge on any atom is 0.256 e. The van der Waals surface area contributed by atoms with E-state index in [1.807, 2.05) is 17.0 Å². The Morgan fingerprint density at radius 1 is 1.00 bits per heavy atom. The van der Waals surface area contributed by atoms with Crippen molar-refractivity contribution >= 4 is 17.5 Å². The number of piperidine rings is 1. The lowest BCUT2D eigenvalue weighted by Crippen LogP contribution is -2.45. The molecule has 2 aromatic carbocycles. The van der Waals surface area contributed by atoms with Crippen molar-refractivity contribution in [2.24, 2.45) is 5.92 Å². The number of hydrogen-bond donors (Lipinski definition) is 0. The van der Waals surface area contributed by atoms with Crippen LogP contribution in [0.3, 0.4) is 0 Å². The fourth-order valence-corrected chi connectivity index (χ4v) is 4.50. The predicted molar refractivity (Wildman–Crippen MR) is 111 cm³/mol. The summed E-state index contributed by atoms with van der Waals surface area (Å²) in [5.41, 5.74) is 3.16. The van der Waals surface area contributed by atoms with Gasteiger partial charge in [0.15, 0.2) is 11.6 Å². The lowest BCUT2D eigenvalue weighted by molar-refractivity contribution is -0.123. The van der Waals surface area contributed by atoms with Crippen molar-refractivity contribution in [3.63, 3.8) is 0 Å². The Morgan fingerprint density at radius 2 is 1.77 bits per heavy atom. The number of rotatable bonds is 2. The number of nitrogens with zero attached hydrogens (tertiary/aromatic N) is 2. The van der Waals surface area contributed by atoms with Crippen LogP contribution in [-0.2, 0) is 11.2 Å². The third-order valence-electron chi connectivity index (χ3n) is 6.18. The monoisotopic (exact) mass is 412 g/mol. The Hall–Kier alpha value is -2.76. The molecule has 0 N–H and O–H groups in total. The van der Waals surface area contributed by atoms with E-state index in [1.165, 1.54) is 28.2 Å². The molecule has 30 heavy (non-hydrogen) atoms. The smallest absolute Gasteiger partial charge is 0.256 e. The number of anilines is 1. The van der Waals surface area contributed by atoms with Crippen molar-refractivity contribution in [3.05, 3.63) is 64.7 Å². The van der Waals surface area contributed by atoms with Crippen molar-refractivity contribution < 1.29 is 18.4 Å². The molecule has 2 aromatic rings. The quantitative estimate of drug-likeness (QED) is 0.729. The molecule has 4 nitrogen and oxygen atoms in total. The summed E-state index contributed by atoms with van der Waals surface area (Å²) < 4.78 is 27.4. The van der Waals surface area contributed by atoms with E-state index in [0.29, 0.717) is 32.5 Å². The Morgan fingerprint density at radius 3 is 2.53 bits per heavy atom. The molecular formula is C24H26F2N2O2. The Labute approximate surface area is 175 Å². The van der Waals surface area contributed by atoms with E-state index >= 15 is 0 Å². The predicted octanol–water partition coefficient (Wildman–Crippen LogP) is 4.49. The van der Waals surface area contributed by atoms with E-state index in [1.54, 1.807) is 0 Å². The van der Waals surface area contributed by atoms with Crippen LogP contribution in [0.25, 0.3) is 0 Å². The summed E-state index contributed by atoms with van der Waals surface area (Å²) >= 11 is 0. The highest BCUT2D eigenvalue weighted by atomic mass is 19.2. The molecule has 0 radical (unpaired) electrons. The van der Waals surface area contributed by atoms with E-state index in [2.05, 4.69) is 13.0 Å². The summed E-state index contributed by atoms with van der Waals surface area (Å²) in [6, 6.07) is 9.88. The number of carbonyl (C=O) groups is 2. The van der Waals surface area contributed by atoms with Crippen LogP contribution in [0.4, 0.5) is 14.5 Å². The van der Waals surface area contributed by atoms with E-state index in [4.69, 9.17) is 0 Å². The molecule has 6 heteroatoms. The van der Waals surface area contributed by atoms with Crippen LogP contribution in [0.15, 0.2) is 36.4 Å². The van der Waals surface area contributed by atoms with Crippen molar-refractivity contribution in [2.45, 2.75) is 39.0 Å². The first-order valence-electron chi connectivity index (χ1n) is 10.6. The van der Waals surface area contributed by atoms with Gasteiger partial charge in [-0.2, -0.15) is 0 Å². The molecule has 0 saturated carbocycles. The molecule has 0 unspecified atom stereocenters. The van der Waals surface area contributed by atoms with Crippen LogP contribution in [0.2, 0.25) is 0 Å². The van der Waals surface area contributed by atoms with Gasteiger partial charge in [0.2, 0.25) is 5.91 Å². The van der Waals surface area contributed by atoms with Gasteiger partial charge in [0.05, 0.1) is 5.56 Å². The van der Waals surface area contributed by atoms with Gasteiger partial charge in [0.25, 0.3) is 5.91 Å². The molecule has 2 aliphatic heterocycles. The SMILES string of the molecule is Cc1ccc2c(c1)CCCCN2C(=O)C1CCN(C(=O)c2cccc(F)c2F)CC1. The lowest BCUT2D eigenvalue weighted by Gasteiger charge is -2.34. The van der Waals surface area contributed by atoms with Crippen LogP contribution < -0.4 is 4.90 Å². The van der Waals surface area contributed by atoms with Crippen molar-refractivity contribution in [1.82, 2.24) is 4.90 Å². The van der Waals surface area contributed by atoms with Gasteiger partial charge in [-0.3, -0.25) is 9.59 Å².